The van der Waals surface area contributed by atoms with Crippen molar-refractivity contribution in [2.75, 3.05) is 13.7 Å². The Balaban J connectivity index is 2.14. The van der Waals surface area contributed by atoms with Crippen LogP contribution in [0.15, 0.2) is 36.4 Å². The predicted molar refractivity (Wildman–Crippen MR) is 77.8 cm³/mol. The highest BCUT2D eigenvalue weighted by atomic mass is 19.1. The van der Waals surface area contributed by atoms with E-state index in [-0.39, 0.29) is 24.6 Å². The van der Waals surface area contributed by atoms with Gasteiger partial charge < -0.3 is 14.4 Å². The van der Waals surface area contributed by atoms with E-state index in [4.69, 9.17) is 9.47 Å². The van der Waals surface area contributed by atoms with Crippen LogP contribution in [0.1, 0.15) is 13.3 Å². The lowest BCUT2D eigenvalue weighted by molar-refractivity contribution is -0.149. The first-order valence-electron chi connectivity index (χ1n) is 6.99. The second-order valence-corrected chi connectivity index (χ2v) is 4.94. The van der Waals surface area contributed by atoms with E-state index in [1.54, 1.807) is 25.1 Å². The Hall–Kier alpha value is -2.37. The van der Waals surface area contributed by atoms with Crippen molar-refractivity contribution in [2.24, 2.45) is 0 Å². The molecular weight excluding hydrogens is 289 g/mol. The number of carbonyl (C=O) groups excluding carboxylic acids is 2. The van der Waals surface area contributed by atoms with Crippen LogP contribution in [0.3, 0.4) is 0 Å². The molecule has 0 saturated carbocycles. The molecule has 1 aliphatic rings. The minimum Gasteiger partial charge on any atom is -0.485 e. The molecule has 0 aromatic heterocycles. The van der Waals surface area contributed by atoms with Gasteiger partial charge in [-0.05, 0) is 25.1 Å². The van der Waals surface area contributed by atoms with E-state index < -0.39 is 23.9 Å². The van der Waals surface area contributed by atoms with Crippen LogP contribution >= 0.6 is 0 Å². The van der Waals surface area contributed by atoms with Gasteiger partial charge in [-0.25, -0.2) is 9.18 Å². The number of amides is 1. The molecule has 6 heteroatoms. The average molecular weight is 307 g/mol. The number of allylic oxidation sites excluding steroid dienone is 1. The summed E-state index contributed by atoms with van der Waals surface area (Å²) >= 11 is 0. The topological polar surface area (TPSA) is 55.8 Å². The first-order chi connectivity index (χ1) is 10.6. The maximum atomic E-state index is 13.6. The number of nitrogens with zero attached hydrogens (tertiary/aromatic N) is 1. The van der Waals surface area contributed by atoms with E-state index in [0.29, 0.717) is 0 Å². The van der Waals surface area contributed by atoms with Gasteiger partial charge in [-0.1, -0.05) is 18.2 Å². The van der Waals surface area contributed by atoms with Gasteiger partial charge in [-0.2, -0.15) is 0 Å². The van der Waals surface area contributed by atoms with Gasteiger partial charge in [0.2, 0.25) is 5.91 Å². The number of hydrogen-bond donors (Lipinski definition) is 0. The van der Waals surface area contributed by atoms with Crippen LogP contribution in [0.2, 0.25) is 0 Å². The minimum atomic E-state index is -0.717. The molecule has 2 atom stereocenters. The summed E-state index contributed by atoms with van der Waals surface area (Å²) in [6, 6.07) is 5.32. The molecule has 1 heterocycles. The molecule has 1 amide bonds. The molecule has 1 aliphatic heterocycles. The van der Waals surface area contributed by atoms with Gasteiger partial charge in [0.25, 0.3) is 0 Å². The van der Waals surface area contributed by atoms with E-state index in [1.165, 1.54) is 30.2 Å². The summed E-state index contributed by atoms with van der Waals surface area (Å²) in [6.45, 7) is 1.92. The summed E-state index contributed by atoms with van der Waals surface area (Å²) < 4.78 is 24.0. The molecule has 1 aromatic rings. The fourth-order valence-corrected chi connectivity index (χ4v) is 2.44. The highest BCUT2D eigenvalue weighted by Crippen LogP contribution is 2.25. The molecule has 22 heavy (non-hydrogen) atoms. The number of hydrogen-bond acceptors (Lipinski definition) is 4. The van der Waals surface area contributed by atoms with Gasteiger partial charge in [-0.15, -0.1) is 0 Å². The molecule has 0 radical (unpaired) electrons. The summed E-state index contributed by atoms with van der Waals surface area (Å²) in [5, 5.41) is 0. The van der Waals surface area contributed by atoms with Gasteiger partial charge in [0.05, 0.1) is 13.7 Å². The van der Waals surface area contributed by atoms with Crippen molar-refractivity contribution in [3.63, 3.8) is 0 Å². The van der Waals surface area contributed by atoms with E-state index in [1.807, 2.05) is 0 Å². The summed E-state index contributed by atoms with van der Waals surface area (Å²) in [7, 11) is 1.27. The standard InChI is InChI=1S/C16H18FNO4/c1-3-6-15(19)18-10-11(9-13(18)16(20)21-2)22-14-8-5-4-7-12(14)17/h3-8,11,13H,9-10H2,1-2H3/b6-3+. The molecule has 0 aliphatic carbocycles. The molecule has 1 aromatic carbocycles. The van der Waals surface area contributed by atoms with E-state index >= 15 is 0 Å². The maximum Gasteiger partial charge on any atom is 0.328 e. The van der Waals surface area contributed by atoms with Crippen molar-refractivity contribution < 1.29 is 23.5 Å². The first-order valence-corrected chi connectivity index (χ1v) is 6.99. The number of para-hydroxylation sites is 1. The lowest BCUT2D eigenvalue weighted by atomic mass is 10.2. The molecular formula is C16H18FNO4. The Morgan fingerprint density at radius 3 is 2.73 bits per heavy atom. The van der Waals surface area contributed by atoms with Gasteiger partial charge in [0.15, 0.2) is 11.6 Å². The quantitative estimate of drug-likeness (QED) is 0.630. The highest BCUT2D eigenvalue weighted by molar-refractivity contribution is 5.92. The Labute approximate surface area is 128 Å². The highest BCUT2D eigenvalue weighted by Gasteiger charge is 2.40. The van der Waals surface area contributed by atoms with Crippen molar-refractivity contribution >= 4 is 11.9 Å². The lowest BCUT2D eigenvalue weighted by Gasteiger charge is -2.20. The van der Waals surface area contributed by atoms with Crippen LogP contribution in [-0.4, -0.2) is 42.6 Å². The van der Waals surface area contributed by atoms with E-state index in [9.17, 15) is 14.0 Å². The van der Waals surface area contributed by atoms with Crippen molar-refractivity contribution in [1.82, 2.24) is 4.90 Å². The Morgan fingerprint density at radius 2 is 2.09 bits per heavy atom. The van der Waals surface area contributed by atoms with Crippen LogP contribution in [-0.2, 0) is 14.3 Å². The third kappa shape index (κ3) is 3.44. The summed E-state index contributed by atoms with van der Waals surface area (Å²) in [4.78, 5) is 25.3. The second-order valence-electron chi connectivity index (χ2n) is 4.94. The zero-order valence-corrected chi connectivity index (χ0v) is 12.5. The predicted octanol–water partition coefficient (Wildman–Crippen LogP) is 1.92. The molecule has 0 spiro atoms. The van der Waals surface area contributed by atoms with Crippen LogP contribution < -0.4 is 4.74 Å². The fraction of sp³-hybridized carbons (Fsp3) is 0.375. The largest absolute Gasteiger partial charge is 0.485 e. The lowest BCUT2D eigenvalue weighted by Crippen LogP contribution is -2.40. The van der Waals surface area contributed by atoms with Crippen molar-refractivity contribution in [1.29, 1.82) is 0 Å². The molecule has 0 N–H and O–H groups in total. The molecule has 2 unspecified atom stereocenters. The third-order valence-corrected chi connectivity index (χ3v) is 3.46. The molecule has 1 fully saturated rings. The molecule has 1 saturated heterocycles. The van der Waals surface area contributed by atoms with E-state index in [0.717, 1.165) is 0 Å². The van der Waals surface area contributed by atoms with Crippen molar-refractivity contribution in [3.05, 3.63) is 42.2 Å². The number of halogens is 1. The van der Waals surface area contributed by atoms with E-state index in [2.05, 4.69) is 0 Å². The first kappa shape index (κ1) is 16.0. The smallest absolute Gasteiger partial charge is 0.328 e. The fourth-order valence-electron chi connectivity index (χ4n) is 2.44. The average Bonchev–Trinajstić information content (AvgIpc) is 2.93. The van der Waals surface area contributed by atoms with Crippen LogP contribution in [0.25, 0.3) is 0 Å². The minimum absolute atomic E-state index is 0.108. The summed E-state index contributed by atoms with van der Waals surface area (Å²) in [6.07, 6.45) is 2.78. The van der Waals surface area contributed by atoms with Crippen molar-refractivity contribution in [3.8, 4) is 5.75 Å². The Morgan fingerprint density at radius 1 is 1.36 bits per heavy atom. The summed E-state index contributed by atoms with van der Waals surface area (Å²) in [5.41, 5.74) is 0. The number of esters is 1. The molecule has 5 nitrogen and oxygen atoms in total. The van der Waals surface area contributed by atoms with Gasteiger partial charge in [0.1, 0.15) is 12.1 Å². The Kier molecular flexibility index (Phi) is 5.14. The number of methoxy groups -OCH3 is 1. The summed E-state index contributed by atoms with van der Waals surface area (Å²) in [5.74, 6) is -1.16. The Bertz CT molecular complexity index is 587. The zero-order valence-electron chi connectivity index (χ0n) is 12.5. The number of benzene rings is 1. The monoisotopic (exact) mass is 307 g/mol. The number of rotatable bonds is 4. The second kappa shape index (κ2) is 7.06. The van der Waals surface area contributed by atoms with Crippen LogP contribution in [0, 0.1) is 5.82 Å². The van der Waals surface area contributed by atoms with Crippen LogP contribution in [0.4, 0.5) is 4.39 Å². The molecule has 2 rings (SSSR count). The molecule has 118 valence electrons. The zero-order chi connectivity index (χ0) is 16.1. The maximum absolute atomic E-state index is 13.6. The van der Waals surface area contributed by atoms with Gasteiger partial charge in [0, 0.05) is 6.42 Å². The van der Waals surface area contributed by atoms with Gasteiger partial charge >= 0.3 is 5.97 Å². The third-order valence-electron chi connectivity index (χ3n) is 3.46. The molecule has 0 bridgehead atoms. The van der Waals surface area contributed by atoms with Crippen molar-refractivity contribution in [2.45, 2.75) is 25.5 Å². The van der Waals surface area contributed by atoms with Crippen LogP contribution in [0.5, 0.6) is 5.75 Å². The number of carbonyl (C=O) groups is 2. The van der Waals surface area contributed by atoms with Gasteiger partial charge in [-0.3, -0.25) is 4.79 Å². The normalized spacial score (nSPS) is 21.1. The SMILES string of the molecule is C/C=C/C(=O)N1CC(Oc2ccccc2F)CC1C(=O)OC. The number of ether oxygens (including phenoxy) is 2. The number of likely N-dealkylation sites (tertiary alicyclic amines) is 1.